The molecule has 1 aromatic heterocycles. The first-order valence-electron chi connectivity index (χ1n) is 14.4. The molecule has 1 spiro atoms. The first-order valence-corrected chi connectivity index (χ1v) is 14.4. The van der Waals surface area contributed by atoms with Crippen LogP contribution in [0.4, 0.5) is 9.59 Å². The number of nitrogens with zero attached hydrogens (tertiary/aromatic N) is 5. The highest BCUT2D eigenvalue weighted by Crippen LogP contribution is 2.47. The molecule has 6 rings (SSSR count). The number of carbonyl (C=O) groups is 4. The molecule has 43 heavy (non-hydrogen) atoms. The van der Waals surface area contributed by atoms with E-state index in [1.54, 1.807) is 41.4 Å². The summed E-state index contributed by atoms with van der Waals surface area (Å²) in [5.41, 5.74) is 0.849. The number of hydrogen-bond acceptors (Lipinski definition) is 7. The van der Waals surface area contributed by atoms with Crippen LogP contribution in [0.2, 0.25) is 0 Å². The summed E-state index contributed by atoms with van der Waals surface area (Å²) in [6.45, 7) is 6.78. The van der Waals surface area contributed by atoms with Crippen LogP contribution in [0.5, 0.6) is 0 Å². The number of amides is 4. The Morgan fingerprint density at radius 2 is 1.63 bits per heavy atom. The Balaban J connectivity index is 1.24. The fourth-order valence-corrected chi connectivity index (χ4v) is 6.22. The lowest BCUT2D eigenvalue weighted by Crippen LogP contribution is -2.64. The SMILES string of the molecule is CC(C)(C)OC(=O)N1CC2(C1)CN(C(=O)c1cnn(Cc3ccccc3)c1)CC2C(=O)N1C(=O)OCC1c1ccccc1. The molecule has 4 heterocycles. The lowest BCUT2D eigenvalue weighted by Gasteiger charge is -2.50. The molecule has 0 bridgehead atoms. The van der Waals surface area contributed by atoms with Crippen LogP contribution in [0, 0.1) is 11.3 Å². The zero-order valence-corrected chi connectivity index (χ0v) is 24.5. The van der Waals surface area contributed by atoms with Gasteiger partial charge in [0.25, 0.3) is 5.91 Å². The van der Waals surface area contributed by atoms with Crippen LogP contribution in [0.1, 0.15) is 48.3 Å². The van der Waals surface area contributed by atoms with Gasteiger partial charge in [-0.25, -0.2) is 14.5 Å². The van der Waals surface area contributed by atoms with Crippen molar-refractivity contribution >= 4 is 24.0 Å². The van der Waals surface area contributed by atoms with Gasteiger partial charge in [-0.15, -0.1) is 0 Å². The van der Waals surface area contributed by atoms with Crippen LogP contribution in [0.15, 0.2) is 73.1 Å². The minimum Gasteiger partial charge on any atom is -0.446 e. The molecular formula is C32H35N5O6. The number of imide groups is 1. The van der Waals surface area contributed by atoms with Gasteiger partial charge in [0.2, 0.25) is 5.91 Å². The molecule has 2 aromatic carbocycles. The fraction of sp³-hybridized carbons (Fsp3) is 0.406. The number of aromatic nitrogens is 2. The van der Waals surface area contributed by atoms with Crippen LogP contribution >= 0.6 is 0 Å². The van der Waals surface area contributed by atoms with Gasteiger partial charge in [0.1, 0.15) is 18.2 Å². The van der Waals surface area contributed by atoms with E-state index in [0.717, 1.165) is 11.1 Å². The van der Waals surface area contributed by atoms with E-state index < -0.39 is 41.1 Å². The van der Waals surface area contributed by atoms with Crippen molar-refractivity contribution in [2.45, 2.75) is 39.0 Å². The average Bonchev–Trinajstić information content (AvgIpc) is 3.69. The second-order valence-corrected chi connectivity index (χ2v) is 12.6. The summed E-state index contributed by atoms with van der Waals surface area (Å²) in [6.07, 6.45) is 2.06. The topological polar surface area (TPSA) is 114 Å². The van der Waals surface area contributed by atoms with Crippen molar-refractivity contribution in [3.8, 4) is 0 Å². The molecule has 3 saturated heterocycles. The standard InChI is InChI=1S/C32H35N5O6/c1-31(2,3)43-29(40)35-20-32(21-35)19-34(27(38)24-14-33-36(16-24)15-22-10-6-4-7-11-22)17-25(32)28(39)37-26(18-42-30(37)41)23-12-8-5-9-13-23/h4-14,16,25-26H,15,17-21H2,1-3H3. The molecular weight excluding hydrogens is 550 g/mol. The number of likely N-dealkylation sites (tertiary alicyclic amines) is 2. The van der Waals surface area contributed by atoms with E-state index in [1.165, 1.54) is 11.1 Å². The van der Waals surface area contributed by atoms with Crippen molar-refractivity contribution in [2.24, 2.45) is 11.3 Å². The van der Waals surface area contributed by atoms with Gasteiger partial charge in [-0.3, -0.25) is 14.3 Å². The number of carbonyl (C=O) groups excluding carboxylic acids is 4. The summed E-state index contributed by atoms with van der Waals surface area (Å²) in [4.78, 5) is 58.0. The van der Waals surface area contributed by atoms with E-state index in [0.29, 0.717) is 12.1 Å². The van der Waals surface area contributed by atoms with Crippen LogP contribution in [-0.4, -0.2) is 86.9 Å². The monoisotopic (exact) mass is 585 g/mol. The Hall–Kier alpha value is -4.67. The van der Waals surface area contributed by atoms with E-state index in [2.05, 4.69) is 5.10 Å². The first kappa shape index (κ1) is 28.4. The second-order valence-electron chi connectivity index (χ2n) is 12.6. The summed E-state index contributed by atoms with van der Waals surface area (Å²) in [6, 6.07) is 18.5. The van der Waals surface area contributed by atoms with Crippen molar-refractivity contribution in [1.29, 1.82) is 0 Å². The Morgan fingerprint density at radius 3 is 2.30 bits per heavy atom. The molecule has 3 aliphatic rings. The van der Waals surface area contributed by atoms with Gasteiger partial charge in [0.15, 0.2) is 0 Å². The third kappa shape index (κ3) is 5.59. The largest absolute Gasteiger partial charge is 0.446 e. The lowest BCUT2D eigenvalue weighted by molar-refractivity contribution is -0.141. The summed E-state index contributed by atoms with van der Waals surface area (Å²) in [5, 5.41) is 4.38. The third-order valence-corrected chi connectivity index (χ3v) is 8.26. The van der Waals surface area contributed by atoms with E-state index in [1.807, 2.05) is 60.7 Å². The third-order valence-electron chi connectivity index (χ3n) is 8.26. The summed E-state index contributed by atoms with van der Waals surface area (Å²) in [7, 11) is 0. The Labute approximate surface area is 249 Å². The zero-order chi connectivity index (χ0) is 30.4. The molecule has 2 unspecified atom stereocenters. The van der Waals surface area contributed by atoms with E-state index in [-0.39, 0.29) is 38.7 Å². The number of hydrogen-bond donors (Lipinski definition) is 0. The maximum Gasteiger partial charge on any atom is 0.417 e. The van der Waals surface area contributed by atoms with Crippen molar-refractivity contribution in [3.05, 3.63) is 89.7 Å². The zero-order valence-electron chi connectivity index (χ0n) is 24.5. The highest BCUT2D eigenvalue weighted by atomic mass is 16.6. The Bertz CT molecular complexity index is 1530. The molecule has 3 fully saturated rings. The fourth-order valence-electron chi connectivity index (χ4n) is 6.22. The molecule has 11 heteroatoms. The van der Waals surface area contributed by atoms with Gasteiger partial charge in [0, 0.05) is 37.8 Å². The predicted molar refractivity (Wildman–Crippen MR) is 155 cm³/mol. The van der Waals surface area contributed by atoms with E-state index in [4.69, 9.17) is 9.47 Å². The number of rotatable bonds is 5. The van der Waals surface area contributed by atoms with Gasteiger partial charge >= 0.3 is 12.2 Å². The smallest absolute Gasteiger partial charge is 0.417 e. The van der Waals surface area contributed by atoms with E-state index in [9.17, 15) is 19.2 Å². The quantitative estimate of drug-likeness (QED) is 0.445. The molecule has 4 amide bonds. The van der Waals surface area contributed by atoms with Crippen molar-refractivity contribution in [2.75, 3.05) is 32.8 Å². The summed E-state index contributed by atoms with van der Waals surface area (Å²) in [5.74, 6) is -1.38. The molecule has 0 radical (unpaired) electrons. The molecule has 0 aliphatic carbocycles. The van der Waals surface area contributed by atoms with Crippen molar-refractivity contribution in [1.82, 2.24) is 24.5 Å². The highest BCUT2D eigenvalue weighted by Gasteiger charge is 2.61. The summed E-state index contributed by atoms with van der Waals surface area (Å²) >= 11 is 0. The molecule has 0 saturated carbocycles. The van der Waals surface area contributed by atoms with Crippen LogP contribution in [0.25, 0.3) is 0 Å². The molecule has 3 aliphatic heterocycles. The molecule has 3 aromatic rings. The minimum atomic E-state index is -0.728. The van der Waals surface area contributed by atoms with Crippen LogP contribution in [-0.2, 0) is 20.8 Å². The van der Waals surface area contributed by atoms with Gasteiger partial charge in [0.05, 0.1) is 24.2 Å². The van der Waals surface area contributed by atoms with Crippen molar-refractivity contribution < 1.29 is 28.7 Å². The molecule has 224 valence electrons. The highest BCUT2D eigenvalue weighted by molar-refractivity contribution is 5.98. The van der Waals surface area contributed by atoms with Gasteiger partial charge in [-0.2, -0.15) is 5.10 Å². The van der Waals surface area contributed by atoms with E-state index >= 15 is 0 Å². The van der Waals surface area contributed by atoms with Crippen LogP contribution in [0.3, 0.4) is 0 Å². The maximum atomic E-state index is 14.2. The van der Waals surface area contributed by atoms with Gasteiger partial charge < -0.3 is 19.3 Å². The van der Waals surface area contributed by atoms with Gasteiger partial charge in [-0.1, -0.05) is 60.7 Å². The average molecular weight is 586 g/mol. The normalized spacial score (nSPS) is 21.1. The number of cyclic esters (lactones) is 1. The van der Waals surface area contributed by atoms with Gasteiger partial charge in [-0.05, 0) is 31.9 Å². The molecule has 2 atom stereocenters. The molecule has 11 nitrogen and oxygen atoms in total. The Kier molecular flexibility index (Phi) is 7.19. The predicted octanol–water partition coefficient (Wildman–Crippen LogP) is 3.96. The summed E-state index contributed by atoms with van der Waals surface area (Å²) < 4.78 is 12.6. The Morgan fingerprint density at radius 1 is 0.977 bits per heavy atom. The van der Waals surface area contributed by atoms with Crippen molar-refractivity contribution in [3.63, 3.8) is 0 Å². The number of ether oxygens (including phenoxy) is 2. The second kappa shape index (κ2) is 10.9. The lowest BCUT2D eigenvalue weighted by atomic mass is 9.71. The number of benzene rings is 2. The first-order chi connectivity index (χ1) is 20.5. The maximum absolute atomic E-state index is 14.2. The van der Waals surface area contributed by atoms with Crippen LogP contribution < -0.4 is 0 Å². The molecule has 0 N–H and O–H groups in total. The minimum absolute atomic E-state index is 0.0571.